The first-order valence-corrected chi connectivity index (χ1v) is 7.73. The van der Waals surface area contributed by atoms with Crippen molar-refractivity contribution in [2.24, 2.45) is 0 Å². The second-order valence-corrected chi connectivity index (χ2v) is 6.73. The van der Waals surface area contributed by atoms with Crippen molar-refractivity contribution in [3.63, 3.8) is 0 Å². The highest BCUT2D eigenvalue weighted by atomic mass is 16.5. The van der Waals surface area contributed by atoms with Gasteiger partial charge in [-0.05, 0) is 39.8 Å². The monoisotopic (exact) mass is 328 g/mol. The lowest BCUT2D eigenvalue weighted by atomic mass is 10.1. The predicted molar refractivity (Wildman–Crippen MR) is 90.3 cm³/mol. The molecule has 1 aromatic heterocycles. The number of ether oxygens (including phenoxy) is 1. The Morgan fingerprint density at radius 3 is 2.79 bits per heavy atom. The molecule has 0 fully saturated rings. The average Bonchev–Trinajstić information content (AvgIpc) is 2.96. The first-order chi connectivity index (χ1) is 11.3. The molecule has 126 valence electrons. The molecule has 0 saturated heterocycles. The Bertz CT molecular complexity index is 804. The zero-order valence-electron chi connectivity index (χ0n) is 14.1. The third kappa shape index (κ3) is 2.97. The minimum atomic E-state index is -0.643. The minimum absolute atomic E-state index is 0.169. The summed E-state index contributed by atoms with van der Waals surface area (Å²) in [7, 11) is 0. The summed E-state index contributed by atoms with van der Waals surface area (Å²) in [5, 5.41) is 9.80. The van der Waals surface area contributed by atoms with Crippen LogP contribution < -0.4 is 15.4 Å². The Labute approximate surface area is 140 Å². The molecule has 0 unspecified atom stereocenters. The number of carbonyl (C=O) groups is 2. The fraction of sp³-hybridized carbons (Fsp3) is 0.353. The number of hydrogen-bond acceptors (Lipinski definition) is 4. The van der Waals surface area contributed by atoms with Crippen molar-refractivity contribution in [1.29, 1.82) is 0 Å². The van der Waals surface area contributed by atoms with Crippen molar-refractivity contribution in [3.8, 4) is 5.75 Å². The average molecular weight is 328 g/mol. The van der Waals surface area contributed by atoms with E-state index in [0.717, 1.165) is 0 Å². The molecule has 0 spiro atoms. The third-order valence-corrected chi connectivity index (χ3v) is 3.71. The second-order valence-electron chi connectivity index (χ2n) is 6.73. The highest BCUT2D eigenvalue weighted by Crippen LogP contribution is 2.33. The molecule has 1 aliphatic rings. The molecule has 0 bridgehead atoms. The molecular formula is C17H20N4O3. The number of anilines is 2. The van der Waals surface area contributed by atoms with Gasteiger partial charge in [-0.15, -0.1) is 0 Å². The molecule has 0 radical (unpaired) electrons. The molecule has 7 heteroatoms. The number of benzene rings is 1. The standard InChI is InChI=1S/C17H20N4O3/c1-10-15(22)20-13-7-5-6-12(14(13)24-10)16(23)19-11-8-18-21(9-11)17(2,3)4/h5-10H,1-4H3,(H,19,23)(H,20,22)/t10-/m1/s1. The van der Waals surface area contributed by atoms with E-state index in [9.17, 15) is 9.59 Å². The molecule has 24 heavy (non-hydrogen) atoms. The maximum Gasteiger partial charge on any atom is 0.265 e. The molecular weight excluding hydrogens is 308 g/mol. The van der Waals surface area contributed by atoms with Crippen LogP contribution in [-0.4, -0.2) is 27.7 Å². The van der Waals surface area contributed by atoms with Crippen LogP contribution in [0.25, 0.3) is 0 Å². The molecule has 2 N–H and O–H groups in total. The molecule has 1 aliphatic heterocycles. The van der Waals surface area contributed by atoms with Crippen LogP contribution in [0.15, 0.2) is 30.6 Å². The van der Waals surface area contributed by atoms with Gasteiger partial charge in [0.15, 0.2) is 11.9 Å². The lowest BCUT2D eigenvalue weighted by Crippen LogP contribution is -2.35. The van der Waals surface area contributed by atoms with Crippen molar-refractivity contribution in [3.05, 3.63) is 36.2 Å². The minimum Gasteiger partial charge on any atom is -0.478 e. The fourth-order valence-corrected chi connectivity index (χ4v) is 2.36. The van der Waals surface area contributed by atoms with Gasteiger partial charge >= 0.3 is 0 Å². The first kappa shape index (κ1) is 16.0. The molecule has 1 aromatic carbocycles. The smallest absolute Gasteiger partial charge is 0.265 e. The zero-order valence-corrected chi connectivity index (χ0v) is 14.1. The Morgan fingerprint density at radius 1 is 1.38 bits per heavy atom. The number of hydrogen-bond donors (Lipinski definition) is 2. The van der Waals surface area contributed by atoms with Crippen LogP contribution in [0.3, 0.4) is 0 Å². The summed E-state index contributed by atoms with van der Waals surface area (Å²) in [4.78, 5) is 24.3. The quantitative estimate of drug-likeness (QED) is 0.887. The number of carbonyl (C=O) groups excluding carboxylic acids is 2. The van der Waals surface area contributed by atoms with E-state index < -0.39 is 6.10 Å². The SMILES string of the molecule is C[C@H]1Oc2c(cccc2C(=O)Nc2cnn(C(C)(C)C)c2)NC1=O. The number of nitrogens with zero attached hydrogens (tertiary/aromatic N) is 2. The van der Waals surface area contributed by atoms with Gasteiger partial charge in [-0.3, -0.25) is 14.3 Å². The van der Waals surface area contributed by atoms with Crippen LogP contribution in [0.4, 0.5) is 11.4 Å². The predicted octanol–water partition coefficient (Wildman–Crippen LogP) is 2.61. The summed E-state index contributed by atoms with van der Waals surface area (Å²) < 4.78 is 7.38. The van der Waals surface area contributed by atoms with Gasteiger partial charge in [-0.2, -0.15) is 5.10 Å². The number of rotatable bonds is 2. The van der Waals surface area contributed by atoms with Gasteiger partial charge in [0.25, 0.3) is 11.8 Å². The van der Waals surface area contributed by atoms with Gasteiger partial charge < -0.3 is 15.4 Å². The number of amides is 2. The summed E-state index contributed by atoms with van der Waals surface area (Å²) in [6.07, 6.45) is 2.73. The van der Waals surface area contributed by atoms with Crippen molar-refractivity contribution in [1.82, 2.24) is 9.78 Å². The van der Waals surface area contributed by atoms with Gasteiger partial charge in [0, 0.05) is 6.20 Å². The van der Waals surface area contributed by atoms with Crippen molar-refractivity contribution >= 4 is 23.2 Å². The van der Waals surface area contributed by atoms with E-state index in [1.165, 1.54) is 0 Å². The normalized spacial score (nSPS) is 16.8. The van der Waals surface area contributed by atoms with Crippen LogP contribution in [0.1, 0.15) is 38.1 Å². The van der Waals surface area contributed by atoms with E-state index in [4.69, 9.17) is 4.74 Å². The summed E-state index contributed by atoms with van der Waals surface area (Å²) in [6.45, 7) is 7.71. The van der Waals surface area contributed by atoms with E-state index in [2.05, 4.69) is 15.7 Å². The number of para-hydroxylation sites is 1. The van der Waals surface area contributed by atoms with Crippen molar-refractivity contribution in [2.75, 3.05) is 10.6 Å². The van der Waals surface area contributed by atoms with Crippen molar-refractivity contribution in [2.45, 2.75) is 39.3 Å². The Morgan fingerprint density at radius 2 is 2.12 bits per heavy atom. The molecule has 0 aliphatic carbocycles. The third-order valence-electron chi connectivity index (χ3n) is 3.71. The zero-order chi connectivity index (χ0) is 17.5. The molecule has 2 aromatic rings. The van der Waals surface area contributed by atoms with Crippen LogP contribution >= 0.6 is 0 Å². The number of aromatic nitrogens is 2. The largest absolute Gasteiger partial charge is 0.478 e. The van der Waals surface area contributed by atoms with Crippen LogP contribution in [-0.2, 0) is 10.3 Å². The van der Waals surface area contributed by atoms with E-state index in [0.29, 0.717) is 22.7 Å². The van der Waals surface area contributed by atoms with Crippen molar-refractivity contribution < 1.29 is 14.3 Å². The van der Waals surface area contributed by atoms with Crippen LogP contribution in [0.2, 0.25) is 0 Å². The summed E-state index contributed by atoms with van der Waals surface area (Å²) in [5.41, 5.74) is 1.29. The Kier molecular flexibility index (Phi) is 3.79. The summed E-state index contributed by atoms with van der Waals surface area (Å²) in [6, 6.07) is 5.06. The van der Waals surface area contributed by atoms with E-state index >= 15 is 0 Å². The summed E-state index contributed by atoms with van der Waals surface area (Å²) in [5.74, 6) is -0.166. The van der Waals surface area contributed by atoms with Gasteiger partial charge in [-0.25, -0.2) is 0 Å². The maximum absolute atomic E-state index is 12.6. The van der Waals surface area contributed by atoms with E-state index in [1.54, 1.807) is 42.2 Å². The first-order valence-electron chi connectivity index (χ1n) is 7.73. The molecule has 3 rings (SSSR count). The van der Waals surface area contributed by atoms with Gasteiger partial charge in [0.2, 0.25) is 0 Å². The molecule has 2 heterocycles. The van der Waals surface area contributed by atoms with Gasteiger partial charge in [0.05, 0.1) is 28.7 Å². The van der Waals surface area contributed by atoms with Crippen LogP contribution in [0.5, 0.6) is 5.75 Å². The lowest BCUT2D eigenvalue weighted by Gasteiger charge is -2.24. The number of fused-ring (bicyclic) bond motifs is 1. The Hall–Kier alpha value is -2.83. The maximum atomic E-state index is 12.6. The molecule has 2 amide bonds. The van der Waals surface area contributed by atoms with E-state index in [-0.39, 0.29) is 17.4 Å². The Balaban J connectivity index is 1.85. The second kappa shape index (κ2) is 5.67. The van der Waals surface area contributed by atoms with Gasteiger partial charge in [0.1, 0.15) is 0 Å². The van der Waals surface area contributed by atoms with Crippen LogP contribution in [0, 0.1) is 0 Å². The van der Waals surface area contributed by atoms with E-state index in [1.807, 2.05) is 20.8 Å². The molecule has 0 saturated carbocycles. The van der Waals surface area contributed by atoms with Gasteiger partial charge in [-0.1, -0.05) is 6.07 Å². The highest BCUT2D eigenvalue weighted by molar-refractivity contribution is 6.09. The summed E-state index contributed by atoms with van der Waals surface area (Å²) >= 11 is 0. The highest BCUT2D eigenvalue weighted by Gasteiger charge is 2.27. The topological polar surface area (TPSA) is 85.2 Å². The fourth-order valence-electron chi connectivity index (χ4n) is 2.36. The number of nitrogens with one attached hydrogen (secondary N) is 2. The lowest BCUT2D eigenvalue weighted by molar-refractivity contribution is -0.122. The molecule has 1 atom stereocenters. The molecule has 7 nitrogen and oxygen atoms in total.